The number of ether oxygens (including phenoxy) is 1. The first-order valence-electron chi connectivity index (χ1n) is 6.02. The Morgan fingerprint density at radius 2 is 1.87 bits per heavy atom. The predicted octanol–water partition coefficient (Wildman–Crippen LogP) is 3.40. The zero-order valence-electron chi connectivity index (χ0n) is 10.7. The van der Waals surface area contributed by atoms with Crippen LogP contribution in [0.15, 0.2) is 0 Å². The molecule has 88 valence electrons. The van der Waals surface area contributed by atoms with E-state index in [-0.39, 0.29) is 17.5 Å². The molecule has 0 aliphatic heterocycles. The quantitative estimate of drug-likeness (QED) is 0.656. The summed E-state index contributed by atoms with van der Waals surface area (Å²) in [5.74, 6) is 1.56. The molecule has 1 aliphatic carbocycles. The second-order valence-electron chi connectivity index (χ2n) is 6.05. The Labute approximate surface area is 93.4 Å². The summed E-state index contributed by atoms with van der Waals surface area (Å²) in [7, 11) is 0. The highest BCUT2D eigenvalue weighted by molar-refractivity contribution is 5.73. The first kappa shape index (κ1) is 12.5. The summed E-state index contributed by atoms with van der Waals surface area (Å²) < 4.78 is 5.41. The highest BCUT2D eigenvalue weighted by Gasteiger charge is 2.33. The van der Waals surface area contributed by atoms with Crippen molar-refractivity contribution < 1.29 is 9.53 Å². The molecule has 0 aromatic rings. The third kappa shape index (κ3) is 3.84. The molecule has 0 spiro atoms. The summed E-state index contributed by atoms with van der Waals surface area (Å²) in [6.45, 7) is 10.3. The van der Waals surface area contributed by atoms with Gasteiger partial charge in [0.05, 0.1) is 5.92 Å². The van der Waals surface area contributed by atoms with Gasteiger partial charge < -0.3 is 4.74 Å². The molecule has 0 bridgehead atoms. The van der Waals surface area contributed by atoms with Crippen molar-refractivity contribution in [3.05, 3.63) is 0 Å². The highest BCUT2D eigenvalue weighted by Crippen LogP contribution is 2.36. The molecule has 0 amide bonds. The van der Waals surface area contributed by atoms with E-state index in [1.807, 2.05) is 20.8 Å². The Bertz CT molecular complexity index is 225. The predicted molar refractivity (Wildman–Crippen MR) is 61.5 cm³/mol. The lowest BCUT2D eigenvalue weighted by Crippen LogP contribution is -2.28. The molecule has 0 aromatic heterocycles. The Morgan fingerprint density at radius 1 is 1.27 bits per heavy atom. The van der Waals surface area contributed by atoms with Crippen molar-refractivity contribution in [3.63, 3.8) is 0 Å². The minimum Gasteiger partial charge on any atom is -0.460 e. The van der Waals surface area contributed by atoms with Crippen molar-refractivity contribution in [1.82, 2.24) is 0 Å². The summed E-state index contributed by atoms with van der Waals surface area (Å²) >= 11 is 0. The van der Waals surface area contributed by atoms with Crippen molar-refractivity contribution >= 4 is 5.97 Å². The van der Waals surface area contributed by atoms with Gasteiger partial charge in [0.25, 0.3) is 0 Å². The number of rotatable bonds is 2. The van der Waals surface area contributed by atoms with E-state index in [4.69, 9.17) is 4.74 Å². The lowest BCUT2D eigenvalue weighted by atomic mass is 9.93. The van der Waals surface area contributed by atoms with E-state index in [0.29, 0.717) is 11.8 Å². The summed E-state index contributed by atoms with van der Waals surface area (Å²) in [5.41, 5.74) is -0.340. The van der Waals surface area contributed by atoms with Crippen LogP contribution < -0.4 is 0 Å². The van der Waals surface area contributed by atoms with Crippen LogP contribution in [-0.2, 0) is 9.53 Å². The van der Waals surface area contributed by atoms with Crippen LogP contribution in [0.25, 0.3) is 0 Å². The number of carbonyl (C=O) groups excluding carboxylic acids is 1. The molecular weight excluding hydrogens is 188 g/mol. The minimum atomic E-state index is -0.340. The third-order valence-electron chi connectivity index (χ3n) is 3.16. The molecule has 0 N–H and O–H groups in total. The molecule has 0 aromatic carbocycles. The van der Waals surface area contributed by atoms with E-state index in [9.17, 15) is 4.79 Å². The fraction of sp³-hybridized carbons (Fsp3) is 0.923. The van der Waals surface area contributed by atoms with Crippen LogP contribution in [0.1, 0.15) is 53.9 Å². The number of hydrogen-bond acceptors (Lipinski definition) is 2. The molecule has 1 fully saturated rings. The van der Waals surface area contributed by atoms with Crippen LogP contribution in [0, 0.1) is 17.8 Å². The van der Waals surface area contributed by atoms with Gasteiger partial charge in [-0.1, -0.05) is 13.8 Å². The van der Waals surface area contributed by atoms with Crippen LogP contribution >= 0.6 is 0 Å². The van der Waals surface area contributed by atoms with Gasteiger partial charge in [-0.3, -0.25) is 4.79 Å². The topological polar surface area (TPSA) is 26.3 Å². The third-order valence-corrected chi connectivity index (χ3v) is 3.16. The highest BCUT2D eigenvalue weighted by atomic mass is 16.6. The number of carbonyl (C=O) groups is 1. The number of esters is 1. The van der Waals surface area contributed by atoms with Gasteiger partial charge in [-0.25, -0.2) is 0 Å². The molecule has 0 saturated heterocycles. The maximum Gasteiger partial charge on any atom is 0.309 e. The van der Waals surface area contributed by atoms with E-state index in [2.05, 4.69) is 13.8 Å². The fourth-order valence-electron chi connectivity index (χ4n) is 2.22. The molecule has 1 saturated carbocycles. The van der Waals surface area contributed by atoms with Gasteiger partial charge in [0.1, 0.15) is 5.60 Å². The Morgan fingerprint density at radius 3 is 2.27 bits per heavy atom. The van der Waals surface area contributed by atoms with Gasteiger partial charge in [-0.05, 0) is 51.9 Å². The van der Waals surface area contributed by atoms with E-state index in [1.165, 1.54) is 6.42 Å². The van der Waals surface area contributed by atoms with Gasteiger partial charge in [-0.15, -0.1) is 0 Å². The first-order valence-corrected chi connectivity index (χ1v) is 6.02. The SMILES string of the molecule is CC(C)C1CCC(C(=O)OC(C)(C)C)C1. The van der Waals surface area contributed by atoms with Crippen LogP contribution in [0.3, 0.4) is 0 Å². The maximum atomic E-state index is 11.8. The zero-order chi connectivity index (χ0) is 11.6. The summed E-state index contributed by atoms with van der Waals surface area (Å²) in [4.78, 5) is 11.8. The van der Waals surface area contributed by atoms with E-state index in [0.717, 1.165) is 12.8 Å². The first-order chi connectivity index (χ1) is 6.79. The molecule has 1 rings (SSSR count). The standard InChI is InChI=1S/C13H24O2/c1-9(2)10-6-7-11(8-10)12(14)15-13(3,4)5/h9-11H,6-8H2,1-5H3. The second kappa shape index (κ2) is 4.54. The van der Waals surface area contributed by atoms with E-state index in [1.54, 1.807) is 0 Å². The largest absolute Gasteiger partial charge is 0.460 e. The molecule has 2 atom stereocenters. The second-order valence-corrected chi connectivity index (χ2v) is 6.05. The van der Waals surface area contributed by atoms with Crippen LogP contribution in [0.5, 0.6) is 0 Å². The van der Waals surface area contributed by atoms with Crippen molar-refractivity contribution in [3.8, 4) is 0 Å². The molecule has 1 aliphatic rings. The zero-order valence-corrected chi connectivity index (χ0v) is 10.7. The fourth-order valence-corrected chi connectivity index (χ4v) is 2.22. The molecule has 15 heavy (non-hydrogen) atoms. The van der Waals surface area contributed by atoms with Gasteiger partial charge >= 0.3 is 5.97 Å². The summed E-state index contributed by atoms with van der Waals surface area (Å²) in [6, 6.07) is 0. The molecule has 0 heterocycles. The van der Waals surface area contributed by atoms with Gasteiger partial charge in [0.2, 0.25) is 0 Å². The lowest BCUT2D eigenvalue weighted by molar-refractivity contribution is -0.159. The Balaban J connectivity index is 2.44. The summed E-state index contributed by atoms with van der Waals surface area (Å²) in [5, 5.41) is 0. The lowest BCUT2D eigenvalue weighted by Gasteiger charge is -2.22. The average molecular weight is 212 g/mol. The molecule has 2 heteroatoms. The molecular formula is C13H24O2. The van der Waals surface area contributed by atoms with Crippen molar-refractivity contribution in [1.29, 1.82) is 0 Å². The minimum absolute atomic E-state index is 0.00523. The molecule has 2 nitrogen and oxygen atoms in total. The molecule has 2 unspecified atom stereocenters. The van der Waals surface area contributed by atoms with Crippen LogP contribution in [0.2, 0.25) is 0 Å². The Kier molecular flexibility index (Phi) is 3.80. The average Bonchev–Trinajstić information content (AvgIpc) is 2.47. The van der Waals surface area contributed by atoms with Crippen molar-refractivity contribution in [2.75, 3.05) is 0 Å². The smallest absolute Gasteiger partial charge is 0.309 e. The Hall–Kier alpha value is -0.530. The van der Waals surface area contributed by atoms with Gasteiger partial charge in [0, 0.05) is 0 Å². The van der Waals surface area contributed by atoms with Crippen LogP contribution in [0.4, 0.5) is 0 Å². The van der Waals surface area contributed by atoms with Crippen LogP contribution in [-0.4, -0.2) is 11.6 Å². The van der Waals surface area contributed by atoms with Gasteiger partial charge in [-0.2, -0.15) is 0 Å². The summed E-state index contributed by atoms with van der Waals surface area (Å²) in [6.07, 6.45) is 3.21. The number of hydrogen-bond donors (Lipinski definition) is 0. The monoisotopic (exact) mass is 212 g/mol. The molecule has 0 radical (unpaired) electrons. The van der Waals surface area contributed by atoms with E-state index >= 15 is 0 Å². The van der Waals surface area contributed by atoms with Gasteiger partial charge in [0.15, 0.2) is 0 Å². The van der Waals surface area contributed by atoms with E-state index < -0.39 is 0 Å². The van der Waals surface area contributed by atoms with Crippen molar-refractivity contribution in [2.24, 2.45) is 17.8 Å². The normalized spacial score (nSPS) is 27.1. The maximum absolute atomic E-state index is 11.8. The van der Waals surface area contributed by atoms with Crippen molar-refractivity contribution in [2.45, 2.75) is 59.5 Å².